The zero-order valence-electron chi connectivity index (χ0n) is 20.3. The molecule has 0 heterocycles. The first-order valence-corrected chi connectivity index (χ1v) is 12.3. The van der Waals surface area contributed by atoms with E-state index < -0.39 is 0 Å². The third-order valence-corrected chi connectivity index (χ3v) is 6.66. The number of hydrogen-bond acceptors (Lipinski definition) is 5. The minimum atomic E-state index is -0.352. The van der Waals surface area contributed by atoms with Gasteiger partial charge in [-0.2, -0.15) is 0 Å². The summed E-state index contributed by atoms with van der Waals surface area (Å²) in [4.78, 5) is 26.3. The van der Waals surface area contributed by atoms with Crippen LogP contribution in [0, 0.1) is 0 Å². The summed E-state index contributed by atoms with van der Waals surface area (Å²) in [5, 5.41) is 13.7. The third-order valence-electron chi connectivity index (χ3n) is 6.66. The van der Waals surface area contributed by atoms with E-state index in [-0.39, 0.29) is 28.4 Å². The summed E-state index contributed by atoms with van der Waals surface area (Å²) in [6.45, 7) is 0.423. The van der Waals surface area contributed by atoms with Crippen molar-refractivity contribution in [1.29, 1.82) is 0 Å². The van der Waals surface area contributed by atoms with Gasteiger partial charge in [-0.3, -0.25) is 9.59 Å². The van der Waals surface area contributed by atoms with Crippen LogP contribution in [0.5, 0.6) is 17.2 Å². The minimum Gasteiger partial charge on any atom is -0.507 e. The Morgan fingerprint density at radius 2 is 1.13 bits per heavy atom. The first-order chi connectivity index (χ1) is 18.6. The molecule has 1 aliphatic rings. The molecule has 0 aromatic heterocycles. The predicted molar refractivity (Wildman–Crippen MR) is 147 cm³/mol. The van der Waals surface area contributed by atoms with Crippen LogP contribution in [0.1, 0.15) is 37.4 Å². The lowest BCUT2D eigenvalue weighted by atomic mass is 9.82. The number of benzene rings is 5. The van der Waals surface area contributed by atoms with Crippen LogP contribution in [0.3, 0.4) is 0 Å². The van der Waals surface area contributed by atoms with Gasteiger partial charge in [0.1, 0.15) is 17.2 Å². The van der Waals surface area contributed by atoms with Crippen LogP contribution in [0.2, 0.25) is 0 Å². The summed E-state index contributed by atoms with van der Waals surface area (Å²) in [5.41, 5.74) is 4.65. The van der Waals surface area contributed by atoms with E-state index in [2.05, 4.69) is 17.4 Å². The van der Waals surface area contributed by atoms with Crippen LogP contribution < -0.4 is 10.1 Å². The van der Waals surface area contributed by atoms with E-state index in [1.54, 1.807) is 30.3 Å². The van der Waals surface area contributed by atoms with Gasteiger partial charge in [0.25, 0.3) is 0 Å². The molecular weight excluding hydrogens is 474 g/mol. The lowest BCUT2D eigenvalue weighted by Crippen LogP contribution is -2.22. The molecule has 0 fully saturated rings. The van der Waals surface area contributed by atoms with Crippen LogP contribution >= 0.6 is 0 Å². The molecule has 0 unspecified atom stereocenters. The second-order valence-electron chi connectivity index (χ2n) is 9.08. The van der Waals surface area contributed by atoms with Crippen molar-refractivity contribution >= 4 is 17.3 Å². The summed E-state index contributed by atoms with van der Waals surface area (Å²) >= 11 is 0. The number of phenols is 1. The van der Waals surface area contributed by atoms with Gasteiger partial charge >= 0.3 is 0 Å². The number of aromatic hydroxyl groups is 1. The van der Waals surface area contributed by atoms with Crippen molar-refractivity contribution in [2.45, 2.75) is 6.54 Å². The fourth-order valence-corrected chi connectivity index (χ4v) is 4.71. The molecule has 5 aromatic carbocycles. The molecule has 0 saturated carbocycles. The number of carbonyl (C=O) groups is 2. The molecule has 0 atom stereocenters. The first kappa shape index (κ1) is 23.3. The number of fused-ring (bicyclic) bond motifs is 2. The number of hydrogen-bond donors (Lipinski definition) is 2. The maximum atomic E-state index is 13.2. The largest absolute Gasteiger partial charge is 0.507 e. The molecule has 2 N–H and O–H groups in total. The highest BCUT2D eigenvalue weighted by atomic mass is 16.5. The molecular formula is C33H23NO4. The van der Waals surface area contributed by atoms with Crippen molar-refractivity contribution in [1.82, 2.24) is 0 Å². The van der Waals surface area contributed by atoms with Crippen molar-refractivity contribution in [3.63, 3.8) is 0 Å². The Bertz CT molecular complexity index is 1660. The SMILES string of the molecule is O=C1c2ccccc2C(=O)c2c(NCc3ccc(Oc4ccc(-c5ccccc5)cc4)cc3)ccc(O)c21. The smallest absolute Gasteiger partial charge is 0.198 e. The zero-order chi connectivity index (χ0) is 26.1. The fourth-order valence-electron chi connectivity index (χ4n) is 4.71. The van der Waals surface area contributed by atoms with Gasteiger partial charge in [0.2, 0.25) is 0 Å². The van der Waals surface area contributed by atoms with Crippen molar-refractivity contribution < 1.29 is 19.4 Å². The number of nitrogens with one attached hydrogen (secondary N) is 1. The van der Waals surface area contributed by atoms with E-state index in [0.717, 1.165) is 22.4 Å². The Morgan fingerprint density at radius 1 is 0.579 bits per heavy atom. The van der Waals surface area contributed by atoms with Crippen molar-refractivity contribution in [2.75, 3.05) is 5.32 Å². The van der Waals surface area contributed by atoms with E-state index in [4.69, 9.17) is 4.74 Å². The fraction of sp³-hybridized carbons (Fsp3) is 0.0303. The molecule has 0 saturated heterocycles. The molecule has 0 aliphatic heterocycles. The predicted octanol–water partition coefficient (Wildman–Crippen LogP) is 7.24. The average molecular weight is 498 g/mol. The first-order valence-electron chi connectivity index (χ1n) is 12.3. The van der Waals surface area contributed by atoms with Crippen LogP contribution in [-0.4, -0.2) is 16.7 Å². The minimum absolute atomic E-state index is 0.0423. The molecule has 1 aliphatic carbocycles. The van der Waals surface area contributed by atoms with Crippen molar-refractivity contribution in [3.8, 4) is 28.4 Å². The molecule has 0 radical (unpaired) electrons. The highest BCUT2D eigenvalue weighted by molar-refractivity contribution is 6.31. The van der Waals surface area contributed by atoms with E-state index in [1.165, 1.54) is 6.07 Å². The Morgan fingerprint density at radius 3 is 1.79 bits per heavy atom. The molecule has 184 valence electrons. The van der Waals surface area contributed by atoms with Gasteiger partial charge in [-0.15, -0.1) is 0 Å². The number of ether oxygens (including phenoxy) is 1. The van der Waals surface area contributed by atoms with Crippen LogP contribution in [0.4, 0.5) is 5.69 Å². The second-order valence-corrected chi connectivity index (χ2v) is 9.08. The lowest BCUT2D eigenvalue weighted by molar-refractivity contribution is 0.0977. The molecule has 0 spiro atoms. The summed E-state index contributed by atoms with van der Waals surface area (Å²) in [6, 6.07) is 35.6. The zero-order valence-corrected chi connectivity index (χ0v) is 20.3. The van der Waals surface area contributed by atoms with Gasteiger partial charge in [-0.05, 0) is 53.1 Å². The summed E-state index contributed by atoms with van der Waals surface area (Å²) in [6.07, 6.45) is 0. The number of anilines is 1. The molecule has 0 amide bonds. The topological polar surface area (TPSA) is 75.6 Å². The van der Waals surface area contributed by atoms with Gasteiger partial charge in [-0.25, -0.2) is 0 Å². The average Bonchev–Trinajstić information content (AvgIpc) is 2.97. The summed E-state index contributed by atoms with van der Waals surface area (Å²) in [7, 11) is 0. The van der Waals surface area contributed by atoms with Crippen molar-refractivity contribution in [3.05, 3.63) is 143 Å². The number of carbonyl (C=O) groups excluding carboxylic acids is 2. The molecule has 0 bridgehead atoms. The molecule has 5 heteroatoms. The molecule has 6 rings (SSSR count). The van der Waals surface area contributed by atoms with Crippen molar-refractivity contribution in [2.24, 2.45) is 0 Å². The summed E-state index contributed by atoms with van der Waals surface area (Å²) in [5.74, 6) is 0.623. The Kier molecular flexibility index (Phi) is 5.94. The Labute approximate surface area is 220 Å². The maximum Gasteiger partial charge on any atom is 0.198 e. The van der Waals surface area contributed by atoms with Gasteiger partial charge in [0.15, 0.2) is 11.6 Å². The van der Waals surface area contributed by atoms with Gasteiger partial charge < -0.3 is 15.2 Å². The number of ketones is 2. The van der Waals surface area contributed by atoms with E-state index in [9.17, 15) is 14.7 Å². The highest BCUT2D eigenvalue weighted by Gasteiger charge is 2.33. The van der Waals surface area contributed by atoms with Gasteiger partial charge in [0, 0.05) is 23.4 Å². The van der Waals surface area contributed by atoms with Gasteiger partial charge in [0.05, 0.1) is 11.1 Å². The maximum absolute atomic E-state index is 13.2. The quantitative estimate of drug-likeness (QED) is 0.237. The van der Waals surface area contributed by atoms with E-state index >= 15 is 0 Å². The lowest BCUT2D eigenvalue weighted by Gasteiger charge is -2.21. The standard InChI is InChI=1S/C33H23NO4/c35-29-19-18-28(30-31(29)33(37)27-9-5-4-8-26(27)32(30)36)34-20-21-10-14-24(15-11-21)38-25-16-12-23(13-17-25)22-6-2-1-3-7-22/h1-19,34-35H,20H2. The highest BCUT2D eigenvalue weighted by Crippen LogP contribution is 2.37. The van der Waals surface area contributed by atoms with E-state index in [0.29, 0.717) is 29.1 Å². The van der Waals surface area contributed by atoms with Gasteiger partial charge in [-0.1, -0.05) is 78.9 Å². The third kappa shape index (κ3) is 4.31. The normalized spacial score (nSPS) is 12.0. The number of phenolic OH excluding ortho intramolecular Hbond substituents is 1. The molecule has 5 nitrogen and oxygen atoms in total. The number of rotatable bonds is 6. The second kappa shape index (κ2) is 9.71. The Balaban J connectivity index is 1.16. The van der Waals surface area contributed by atoms with E-state index in [1.807, 2.05) is 66.7 Å². The van der Waals surface area contributed by atoms with Crippen LogP contribution in [0.25, 0.3) is 11.1 Å². The molecule has 5 aromatic rings. The van der Waals surface area contributed by atoms with Crippen LogP contribution in [-0.2, 0) is 6.54 Å². The molecule has 38 heavy (non-hydrogen) atoms. The Hall–Kier alpha value is -5.16. The van der Waals surface area contributed by atoms with Crippen LogP contribution in [0.15, 0.2) is 115 Å². The summed E-state index contributed by atoms with van der Waals surface area (Å²) < 4.78 is 6.00. The monoisotopic (exact) mass is 497 g/mol.